The number of anilines is 1. The predicted molar refractivity (Wildman–Crippen MR) is 97.5 cm³/mol. The molecule has 0 aliphatic rings. The lowest BCUT2D eigenvalue weighted by molar-refractivity contribution is 0.830. The standard InChI is InChI=1S/C17H11N7S/c18-15-14-13(24-12-7-2-1-5-10(12)22-23-24)9-25-17(14)21-16(20-15)11-6-3-4-8-19-11/h1-9H,(H2,18,20,21). The van der Waals surface area contributed by atoms with Crippen molar-refractivity contribution >= 4 is 38.4 Å². The van der Waals surface area contributed by atoms with E-state index in [1.165, 1.54) is 11.3 Å². The molecule has 25 heavy (non-hydrogen) atoms. The monoisotopic (exact) mass is 345 g/mol. The number of nitrogen functional groups attached to an aromatic ring is 1. The van der Waals surface area contributed by atoms with Crippen LogP contribution in [0.5, 0.6) is 0 Å². The molecule has 0 bridgehead atoms. The molecule has 0 unspecified atom stereocenters. The number of benzene rings is 1. The van der Waals surface area contributed by atoms with Crippen molar-refractivity contribution in [2.45, 2.75) is 0 Å². The van der Waals surface area contributed by atoms with Crippen molar-refractivity contribution in [3.05, 3.63) is 54.0 Å². The van der Waals surface area contributed by atoms with Crippen LogP contribution in [-0.4, -0.2) is 29.9 Å². The summed E-state index contributed by atoms with van der Waals surface area (Å²) < 4.78 is 1.77. The highest BCUT2D eigenvalue weighted by Gasteiger charge is 2.17. The number of hydrogen-bond acceptors (Lipinski definition) is 7. The molecule has 0 saturated heterocycles. The second kappa shape index (κ2) is 5.32. The first-order valence-corrected chi connectivity index (χ1v) is 8.46. The molecule has 0 saturated carbocycles. The van der Waals surface area contributed by atoms with Gasteiger partial charge in [-0.05, 0) is 24.3 Å². The van der Waals surface area contributed by atoms with E-state index in [2.05, 4.69) is 25.3 Å². The molecule has 5 aromatic rings. The van der Waals surface area contributed by atoms with Gasteiger partial charge in [-0.25, -0.2) is 14.6 Å². The summed E-state index contributed by atoms with van der Waals surface area (Å²) in [5.74, 6) is 0.920. The maximum atomic E-state index is 6.26. The molecule has 120 valence electrons. The number of nitrogens with zero attached hydrogens (tertiary/aromatic N) is 6. The SMILES string of the molecule is Nc1nc(-c2ccccn2)nc2scc(-n3nnc4ccccc43)c12. The van der Waals surface area contributed by atoms with E-state index in [1.807, 2.05) is 47.8 Å². The smallest absolute Gasteiger partial charge is 0.181 e. The fourth-order valence-electron chi connectivity index (χ4n) is 2.77. The minimum atomic E-state index is 0.404. The number of fused-ring (bicyclic) bond motifs is 2. The average molecular weight is 345 g/mol. The molecule has 0 atom stereocenters. The first-order chi connectivity index (χ1) is 12.3. The number of rotatable bonds is 2. The number of thiophene rings is 1. The Hall–Kier alpha value is -3.39. The summed E-state index contributed by atoms with van der Waals surface area (Å²) in [6.45, 7) is 0. The quantitative estimate of drug-likeness (QED) is 0.528. The Labute approximate surface area is 145 Å². The predicted octanol–water partition coefficient (Wildman–Crippen LogP) is 3.07. The van der Waals surface area contributed by atoms with E-state index in [1.54, 1.807) is 10.9 Å². The second-order valence-electron chi connectivity index (χ2n) is 5.44. The Morgan fingerprint density at radius 1 is 1.00 bits per heavy atom. The Balaban J connectivity index is 1.74. The summed E-state index contributed by atoms with van der Waals surface area (Å²) in [5.41, 5.74) is 9.52. The third-order valence-electron chi connectivity index (χ3n) is 3.92. The number of nitrogens with two attached hydrogens (primary N) is 1. The van der Waals surface area contributed by atoms with E-state index in [4.69, 9.17) is 5.73 Å². The van der Waals surface area contributed by atoms with Crippen LogP contribution < -0.4 is 5.73 Å². The van der Waals surface area contributed by atoms with Crippen molar-refractivity contribution in [1.82, 2.24) is 29.9 Å². The van der Waals surface area contributed by atoms with Crippen molar-refractivity contribution in [1.29, 1.82) is 0 Å². The van der Waals surface area contributed by atoms with Gasteiger partial charge in [0.15, 0.2) is 5.82 Å². The van der Waals surface area contributed by atoms with Gasteiger partial charge in [-0.1, -0.05) is 23.4 Å². The van der Waals surface area contributed by atoms with E-state index in [-0.39, 0.29) is 0 Å². The number of hydrogen-bond donors (Lipinski definition) is 1. The maximum Gasteiger partial charge on any atom is 0.181 e. The summed E-state index contributed by atoms with van der Waals surface area (Å²) >= 11 is 1.50. The van der Waals surface area contributed by atoms with E-state index < -0.39 is 0 Å². The summed E-state index contributed by atoms with van der Waals surface area (Å²) in [7, 11) is 0. The van der Waals surface area contributed by atoms with Crippen LogP contribution in [0.2, 0.25) is 0 Å². The highest BCUT2D eigenvalue weighted by Crippen LogP contribution is 2.33. The molecule has 8 heteroatoms. The van der Waals surface area contributed by atoms with Crippen LogP contribution in [0.4, 0.5) is 5.82 Å². The molecule has 0 amide bonds. The molecule has 4 aromatic heterocycles. The molecule has 0 aliphatic heterocycles. The first-order valence-electron chi connectivity index (χ1n) is 7.58. The minimum absolute atomic E-state index is 0.404. The third-order valence-corrected chi connectivity index (χ3v) is 4.78. The molecule has 0 fully saturated rings. The van der Waals surface area contributed by atoms with E-state index in [9.17, 15) is 0 Å². The van der Waals surface area contributed by atoms with Gasteiger partial charge < -0.3 is 5.73 Å². The molecule has 5 rings (SSSR count). The number of para-hydroxylation sites is 1. The van der Waals surface area contributed by atoms with Gasteiger partial charge in [0.25, 0.3) is 0 Å². The van der Waals surface area contributed by atoms with E-state index >= 15 is 0 Å². The molecule has 0 spiro atoms. The summed E-state index contributed by atoms with van der Waals surface area (Å²) in [5, 5.41) is 11.2. The number of aromatic nitrogens is 6. The third kappa shape index (κ3) is 2.15. The minimum Gasteiger partial charge on any atom is -0.383 e. The lowest BCUT2D eigenvalue weighted by atomic mass is 10.2. The second-order valence-corrected chi connectivity index (χ2v) is 6.30. The van der Waals surface area contributed by atoms with Gasteiger partial charge >= 0.3 is 0 Å². The molecular formula is C17H11N7S. The summed E-state index contributed by atoms with van der Waals surface area (Å²) in [6, 6.07) is 13.4. The highest BCUT2D eigenvalue weighted by atomic mass is 32.1. The topological polar surface area (TPSA) is 95.4 Å². The lowest BCUT2D eigenvalue weighted by Crippen LogP contribution is -2.01. The molecule has 7 nitrogen and oxygen atoms in total. The largest absolute Gasteiger partial charge is 0.383 e. The Bertz CT molecular complexity index is 1210. The van der Waals surface area contributed by atoms with Gasteiger partial charge in [0.1, 0.15) is 21.9 Å². The van der Waals surface area contributed by atoms with Gasteiger partial charge in [-0.3, -0.25) is 4.98 Å². The van der Waals surface area contributed by atoms with E-state index in [0.29, 0.717) is 17.3 Å². The molecule has 4 heterocycles. The lowest BCUT2D eigenvalue weighted by Gasteiger charge is -2.04. The van der Waals surface area contributed by atoms with Crippen LogP contribution in [0.1, 0.15) is 0 Å². The van der Waals surface area contributed by atoms with Gasteiger partial charge in [-0.2, -0.15) is 0 Å². The molecule has 2 N–H and O–H groups in total. The zero-order valence-electron chi connectivity index (χ0n) is 12.9. The van der Waals surface area contributed by atoms with Crippen molar-refractivity contribution in [2.75, 3.05) is 5.73 Å². The van der Waals surface area contributed by atoms with E-state index in [0.717, 1.165) is 26.9 Å². The van der Waals surface area contributed by atoms with Gasteiger partial charge in [0.05, 0.1) is 16.6 Å². The highest BCUT2D eigenvalue weighted by molar-refractivity contribution is 7.17. The van der Waals surface area contributed by atoms with Gasteiger partial charge in [0.2, 0.25) is 0 Å². The van der Waals surface area contributed by atoms with Crippen LogP contribution in [0.25, 0.3) is 38.5 Å². The van der Waals surface area contributed by atoms with Gasteiger partial charge in [0, 0.05) is 11.6 Å². The summed E-state index contributed by atoms with van der Waals surface area (Å²) in [4.78, 5) is 14.1. The summed E-state index contributed by atoms with van der Waals surface area (Å²) in [6.07, 6.45) is 1.71. The van der Waals surface area contributed by atoms with Crippen LogP contribution >= 0.6 is 11.3 Å². The van der Waals surface area contributed by atoms with Crippen molar-refractivity contribution < 1.29 is 0 Å². The Kier molecular flexibility index (Phi) is 2.98. The molecule has 1 aromatic carbocycles. The Morgan fingerprint density at radius 2 is 1.88 bits per heavy atom. The Morgan fingerprint density at radius 3 is 2.76 bits per heavy atom. The molecular weight excluding hydrogens is 334 g/mol. The van der Waals surface area contributed by atoms with Crippen LogP contribution in [0, 0.1) is 0 Å². The van der Waals surface area contributed by atoms with Gasteiger partial charge in [-0.15, -0.1) is 16.4 Å². The van der Waals surface area contributed by atoms with Crippen LogP contribution in [-0.2, 0) is 0 Å². The van der Waals surface area contributed by atoms with Crippen molar-refractivity contribution in [3.8, 4) is 17.2 Å². The van der Waals surface area contributed by atoms with Crippen LogP contribution in [0.15, 0.2) is 54.0 Å². The maximum absolute atomic E-state index is 6.26. The number of pyridine rings is 1. The zero-order chi connectivity index (χ0) is 16.8. The fourth-order valence-corrected chi connectivity index (χ4v) is 3.67. The zero-order valence-corrected chi connectivity index (χ0v) is 13.7. The van der Waals surface area contributed by atoms with Crippen molar-refractivity contribution in [2.24, 2.45) is 0 Å². The van der Waals surface area contributed by atoms with Crippen molar-refractivity contribution in [3.63, 3.8) is 0 Å². The average Bonchev–Trinajstić information content (AvgIpc) is 3.26. The molecule has 0 radical (unpaired) electrons. The first kappa shape index (κ1) is 14.0. The fraction of sp³-hybridized carbons (Fsp3) is 0. The molecule has 0 aliphatic carbocycles. The normalized spacial score (nSPS) is 11.4. The van der Waals surface area contributed by atoms with Crippen LogP contribution in [0.3, 0.4) is 0 Å².